The third kappa shape index (κ3) is 46.2. The van der Waals surface area contributed by atoms with E-state index in [1.807, 2.05) is 141 Å². The number of methoxy groups -OCH3 is 14. The molecule has 144 heavy (non-hydrogen) atoms. The number of amides is 1. The number of anilines is 3. The van der Waals surface area contributed by atoms with Crippen molar-refractivity contribution in [2.24, 2.45) is 0 Å². The number of rotatable bonds is 29. The van der Waals surface area contributed by atoms with Gasteiger partial charge in [0.1, 0.15) is 69.1 Å². The summed E-state index contributed by atoms with van der Waals surface area (Å²) in [5.41, 5.74) is 23.5. The summed E-state index contributed by atoms with van der Waals surface area (Å²) in [7, 11) is 23.8. The Kier molecular flexibility index (Phi) is 63.1. The zero-order valence-corrected chi connectivity index (χ0v) is 88.1. The van der Waals surface area contributed by atoms with Crippen molar-refractivity contribution in [3.8, 4) is 85.9 Å². The summed E-state index contributed by atoms with van der Waals surface area (Å²) < 4.78 is 124. The number of aliphatic hydroxyl groups is 1. The van der Waals surface area contributed by atoms with Crippen LogP contribution in [0.5, 0.6) is 40.2 Å². The number of aryl methyl sites for hydroxylation is 1. The Labute approximate surface area is 871 Å². The average Bonchev–Trinajstić information content (AvgIpc) is 1.64. The largest absolute Gasteiger partial charge is 1.00 e. The van der Waals surface area contributed by atoms with Crippen LogP contribution in [0.4, 0.5) is 17.2 Å². The number of benzene rings is 7. The normalized spacial score (nSPS) is 9.86. The molecule has 13 aromatic rings. The number of ether oxygens (including phenoxy) is 15. The number of aromatic amines is 1. The first-order valence-corrected chi connectivity index (χ1v) is 46.0. The standard InChI is InChI=1S/C14H15N5O.C12H11N3O.C12H12N2O3.C11H11ClN2O.C11H12N2O2.C11H13NO4.C9H11NO3.C7H16O4.C6H10O3.CN.Cl2OS.Na.H2O4S/c1-9-13(14(15)18-17-9)11-5-4-10(8-12(11)20-2)19-7-3-6-16-19;1-16-12-9-11(15-8-2-7-14-15)4-3-10(12)5-6-13;1-16-11-8-9(14-7-3-6-13-14)4-5-10(11)12(15)17-2;1-15-11-7-10(4-3-9(11)8-12)14-6-2-5-13-14;1-15-11-7-10(4-3-9(11)8-14)13-6-2-5-12-13;1-7(13)12-8-4-5-9(11(14)16-3)10(6-8)15-2;1-12-8-5-6(10)3-4-7(8)9(11)13-2;1-8-6(9-2)5-7(10-3)11-4;1-3-9-6(8)4-5(2)7;1-2;1-4(2)3;;1-5(2,3)4/h3-8H,1-2H3,(H3,15,17,18);2-4,7-9H,5H2,1H3;3-8H,1-2H3;2-7H,8H2,1H3;2-7,14H,8H2,1H3;4-6H,1-3H3,(H,12,13);3-5H,10H2,1-2H3;6-7H,5H2,1-4H3;3-4H2,1-2H3;;;;(H2,1,2,3,4)/q;;;;;;;;;-1;;+1;. The van der Waals surface area contributed by atoms with Crippen molar-refractivity contribution < 1.29 is 156 Å². The molecule has 0 saturated carbocycles. The molecule has 0 unspecified atom stereocenters. The first-order valence-electron chi connectivity index (χ1n) is 41.2. The van der Waals surface area contributed by atoms with E-state index in [9.17, 15) is 28.8 Å². The SMILES string of the molecule is CCOC(=O)CC(C)=O.COC(=O)c1ccc(-n2cccn2)cc1OC.COC(=O)c1ccc(N)cc1OC.COC(=O)c1ccc(NC(C)=O)cc1OC.COC(CC(OC)OC)OC.COc1cc(-n2cccn2)ccc1-c1c(N)n[nH]c1C.COc1cc(-n2cccn2)ccc1CC#N.COc1cc(-n2cccn2)ccc1CCl.COc1cc(-n2cccn2)ccc1CO.O=S(=O)(O)O.O=S(Cl)Cl.[C-]#N.[Na+]. The molecule has 50 heteroatoms. The van der Waals surface area contributed by atoms with Gasteiger partial charge in [0.05, 0.1) is 131 Å². The predicted molar refractivity (Wildman–Crippen MR) is 532 cm³/mol. The molecule has 6 heterocycles. The summed E-state index contributed by atoms with van der Waals surface area (Å²) in [5, 5.41) is 54.2. The number of nitrogens with two attached hydrogens (primary N) is 2. The Hall–Kier alpha value is -14.3. The number of nitriles is 1. The van der Waals surface area contributed by atoms with Crippen molar-refractivity contribution >= 4 is 105 Å². The molecule has 0 radical (unpaired) electrons. The molecule has 13 rings (SSSR count). The van der Waals surface area contributed by atoms with Gasteiger partial charge in [-0.25, -0.2) is 42.0 Å². The molecule has 0 fully saturated rings. The molecule has 0 spiro atoms. The summed E-state index contributed by atoms with van der Waals surface area (Å²) in [6.07, 6.45) is 18.2. The van der Waals surface area contributed by atoms with Crippen molar-refractivity contribution in [1.29, 1.82) is 10.5 Å². The number of hydrogen-bond donors (Lipinski definition) is 7. The van der Waals surface area contributed by atoms with E-state index >= 15 is 0 Å². The van der Waals surface area contributed by atoms with E-state index < -0.39 is 43.5 Å². The predicted octanol–water partition coefficient (Wildman–Crippen LogP) is 10.9. The molecule has 9 N–H and O–H groups in total. The average molecular weight is 2110 g/mol. The summed E-state index contributed by atoms with van der Waals surface area (Å²) in [4.78, 5) is 65.4. The zero-order valence-electron chi connectivity index (χ0n) is 82.2. The second-order valence-electron chi connectivity index (χ2n) is 27.1. The second kappa shape index (κ2) is 71.2. The van der Waals surface area contributed by atoms with Crippen LogP contribution in [0.1, 0.15) is 87.1 Å². The van der Waals surface area contributed by atoms with Gasteiger partial charge in [0.15, 0.2) is 18.4 Å². The Morgan fingerprint density at radius 1 is 0.507 bits per heavy atom. The molecule has 0 atom stereocenters. The van der Waals surface area contributed by atoms with Crippen LogP contribution in [-0.4, -0.2) is 240 Å². The van der Waals surface area contributed by atoms with Crippen molar-refractivity contribution in [2.75, 3.05) is 123 Å². The summed E-state index contributed by atoms with van der Waals surface area (Å²) >= 11 is 5.79. The number of nitrogens with zero attached hydrogens (tertiary/aromatic N) is 13. The Morgan fingerprint density at radius 2 is 0.833 bits per heavy atom. The Morgan fingerprint density at radius 3 is 1.15 bits per heavy atom. The van der Waals surface area contributed by atoms with Crippen LogP contribution in [0.2, 0.25) is 0 Å². The number of hydrogen-bond acceptors (Lipinski definition) is 35. The number of alkyl halides is 1. The van der Waals surface area contributed by atoms with E-state index in [0.29, 0.717) is 82.2 Å². The molecule has 6 aromatic heterocycles. The van der Waals surface area contributed by atoms with Gasteiger partial charge in [-0.1, -0.05) is 18.2 Å². The van der Waals surface area contributed by atoms with Crippen LogP contribution >= 0.6 is 33.0 Å². The van der Waals surface area contributed by atoms with Gasteiger partial charge in [0, 0.05) is 212 Å². The number of esters is 4. The molecule has 0 aliphatic rings. The van der Waals surface area contributed by atoms with Crippen molar-refractivity contribution in [3.05, 3.63) is 265 Å². The molecular formula is C94H113Cl3N17NaO27S2. The maximum atomic E-state index is 11.5. The van der Waals surface area contributed by atoms with Gasteiger partial charge in [-0.3, -0.25) is 28.6 Å². The number of aromatic nitrogens is 12. The second-order valence-corrected chi connectivity index (χ2v) is 30.8. The van der Waals surface area contributed by atoms with Crippen molar-refractivity contribution in [1.82, 2.24) is 59.1 Å². The van der Waals surface area contributed by atoms with Crippen LogP contribution in [-0.2, 0) is 90.8 Å². The number of ketones is 1. The number of carbonyl (C=O) groups excluding carboxylic acids is 6. The van der Waals surface area contributed by atoms with E-state index in [-0.39, 0.29) is 66.9 Å². The number of nitrogens with one attached hydrogen (secondary N) is 2. The fraction of sp³-hybridized carbons (Fsp3) is 0.277. The minimum atomic E-state index is -4.67. The molecule has 0 aliphatic heterocycles. The Balaban J connectivity index is 0.000000803. The number of halogens is 3. The maximum Gasteiger partial charge on any atom is 1.00 e. The third-order valence-electron chi connectivity index (χ3n) is 18.0. The van der Waals surface area contributed by atoms with Gasteiger partial charge in [0.2, 0.25) is 15.1 Å². The molecule has 1 amide bonds. The molecule has 0 bridgehead atoms. The third-order valence-corrected chi connectivity index (χ3v) is 18.2. The number of H-pyrrole nitrogens is 1. The van der Waals surface area contributed by atoms with Crippen LogP contribution in [0, 0.1) is 30.1 Å². The van der Waals surface area contributed by atoms with Gasteiger partial charge in [-0.15, -0.1) is 11.6 Å². The Bertz CT molecular complexity index is 6050. The van der Waals surface area contributed by atoms with Gasteiger partial charge in [-0.2, -0.15) is 44.3 Å². The van der Waals surface area contributed by atoms with E-state index in [0.717, 1.165) is 79.2 Å². The van der Waals surface area contributed by atoms with E-state index in [1.54, 1.807) is 167 Å². The minimum Gasteiger partial charge on any atom is -0.512 e. The van der Waals surface area contributed by atoms with Crippen LogP contribution in [0.3, 0.4) is 0 Å². The van der Waals surface area contributed by atoms with Crippen molar-refractivity contribution in [2.45, 2.75) is 72.0 Å². The number of nitrogen functional groups attached to an aromatic ring is 2. The fourth-order valence-corrected chi connectivity index (χ4v) is 11.7. The van der Waals surface area contributed by atoms with Gasteiger partial charge < -0.3 is 105 Å². The number of aliphatic hydroxyl groups excluding tert-OH is 1. The van der Waals surface area contributed by atoms with E-state index in [4.69, 9.17) is 119 Å². The van der Waals surface area contributed by atoms with E-state index in [1.165, 1.54) is 62.6 Å². The fourth-order valence-electron chi connectivity index (χ4n) is 11.5. The first kappa shape index (κ1) is 128. The molecule has 770 valence electrons. The molecule has 7 aromatic carbocycles. The first-order chi connectivity index (χ1) is 68.4. The quantitative estimate of drug-likeness (QED) is 0.00219. The molecular weight excluding hydrogens is 1990 g/mol. The zero-order chi connectivity index (χ0) is 107. The minimum absolute atomic E-state index is 0. The van der Waals surface area contributed by atoms with Crippen LogP contribution < -0.4 is 79.5 Å². The monoisotopic (exact) mass is 2100 g/mol. The van der Waals surface area contributed by atoms with Crippen LogP contribution in [0.15, 0.2) is 220 Å². The molecule has 0 aliphatic carbocycles. The summed E-state index contributed by atoms with van der Waals surface area (Å²) in [6, 6.07) is 49.0. The number of carbonyl (C=O) groups is 6. The van der Waals surface area contributed by atoms with Crippen molar-refractivity contribution in [3.63, 3.8) is 0 Å². The smallest absolute Gasteiger partial charge is 0.512 e. The maximum absolute atomic E-state index is 11.5. The summed E-state index contributed by atoms with van der Waals surface area (Å²) in [6.45, 7) is 11.5. The van der Waals surface area contributed by atoms with Crippen LogP contribution in [0.25, 0.3) is 39.6 Å². The van der Waals surface area contributed by atoms with Gasteiger partial charge >= 0.3 is 63.8 Å². The molecule has 0 saturated heterocycles. The van der Waals surface area contributed by atoms with E-state index in [2.05, 4.69) is 87.4 Å². The van der Waals surface area contributed by atoms with Gasteiger partial charge in [0.25, 0.3) is 0 Å². The number of Topliss-reactive ketones (excluding diaryl/α,β-unsaturated/α-hetero) is 1. The summed E-state index contributed by atoms with van der Waals surface area (Å²) in [5.74, 6) is 2.95. The topological polar surface area (TPSA) is 582 Å². The molecule has 44 nitrogen and oxygen atoms in total. The van der Waals surface area contributed by atoms with Gasteiger partial charge in [-0.05, 0) is 118 Å².